The number of fused-ring (bicyclic) bond motifs is 6. The van der Waals surface area contributed by atoms with Crippen LogP contribution in [0.15, 0.2) is 10.1 Å². The zero-order valence-electron chi connectivity index (χ0n) is 10.7. The quantitative estimate of drug-likeness (QED) is 0.394. The standard InChI is InChI=1S/C13H12Cl6O/c1-9-3-5-6(4-10(9,2)20-9)12(17)8(15)7(14)11(5,16)13(12,18)19/h5-6H,3-4H2,1-2H3. The molecule has 0 spiro atoms. The highest BCUT2D eigenvalue weighted by molar-refractivity contribution is 6.65. The van der Waals surface area contributed by atoms with E-state index in [-0.39, 0.29) is 33.1 Å². The van der Waals surface area contributed by atoms with E-state index in [1.165, 1.54) is 0 Å². The Morgan fingerprint density at radius 1 is 0.850 bits per heavy atom. The van der Waals surface area contributed by atoms with Crippen molar-refractivity contribution in [2.75, 3.05) is 0 Å². The second kappa shape index (κ2) is 3.58. The third-order valence-corrected chi connectivity index (χ3v) is 10.3. The monoisotopic (exact) mass is 394 g/mol. The lowest BCUT2D eigenvalue weighted by Gasteiger charge is -2.42. The first-order chi connectivity index (χ1) is 8.96. The van der Waals surface area contributed by atoms with Crippen LogP contribution in [0.4, 0.5) is 0 Å². The zero-order chi connectivity index (χ0) is 14.9. The molecule has 0 aromatic carbocycles. The molecule has 2 bridgehead atoms. The van der Waals surface area contributed by atoms with Gasteiger partial charge in [-0.2, -0.15) is 0 Å². The summed E-state index contributed by atoms with van der Waals surface area (Å²) in [5, 5.41) is 0.574. The molecule has 1 heterocycles. The van der Waals surface area contributed by atoms with Crippen molar-refractivity contribution in [2.45, 2.75) is 52.0 Å². The van der Waals surface area contributed by atoms with E-state index in [1.54, 1.807) is 0 Å². The van der Waals surface area contributed by atoms with Gasteiger partial charge in [0.05, 0.1) is 21.3 Å². The average molecular weight is 397 g/mol. The molecule has 1 nitrogen and oxygen atoms in total. The fraction of sp³-hybridized carbons (Fsp3) is 0.846. The van der Waals surface area contributed by atoms with Gasteiger partial charge in [-0.1, -0.05) is 46.4 Å². The highest BCUT2D eigenvalue weighted by atomic mass is 35.5. The van der Waals surface area contributed by atoms with Crippen LogP contribution in [0.3, 0.4) is 0 Å². The van der Waals surface area contributed by atoms with Crippen molar-refractivity contribution in [1.82, 2.24) is 0 Å². The molecule has 2 saturated carbocycles. The maximum absolute atomic E-state index is 6.81. The Morgan fingerprint density at radius 2 is 1.20 bits per heavy atom. The summed E-state index contributed by atoms with van der Waals surface area (Å²) in [4.78, 5) is -2.28. The number of alkyl halides is 4. The zero-order valence-corrected chi connectivity index (χ0v) is 15.3. The minimum atomic E-state index is -1.42. The summed E-state index contributed by atoms with van der Waals surface area (Å²) in [6, 6.07) is 0. The van der Waals surface area contributed by atoms with Crippen molar-refractivity contribution in [3.05, 3.63) is 10.1 Å². The number of epoxide rings is 1. The van der Waals surface area contributed by atoms with Crippen LogP contribution in [0.5, 0.6) is 0 Å². The van der Waals surface area contributed by atoms with Gasteiger partial charge in [0.25, 0.3) is 0 Å². The number of hydrogen-bond acceptors (Lipinski definition) is 1. The molecular formula is C13H12Cl6O. The summed E-state index contributed by atoms with van der Waals surface area (Å²) in [5.74, 6) is -0.0977. The van der Waals surface area contributed by atoms with Gasteiger partial charge in [-0.05, 0) is 38.5 Å². The molecule has 0 amide bonds. The van der Waals surface area contributed by atoms with Gasteiger partial charge in [-0.3, -0.25) is 0 Å². The van der Waals surface area contributed by atoms with Crippen molar-refractivity contribution in [2.24, 2.45) is 11.8 Å². The molecule has 0 N–H and O–H groups in total. The Hall–Kier alpha value is 1.44. The molecule has 4 aliphatic rings. The molecule has 7 heteroatoms. The van der Waals surface area contributed by atoms with Crippen LogP contribution in [-0.4, -0.2) is 25.3 Å². The highest BCUT2D eigenvalue weighted by Gasteiger charge is 2.86. The molecule has 3 fully saturated rings. The van der Waals surface area contributed by atoms with E-state index < -0.39 is 14.1 Å². The SMILES string of the molecule is CC12CC3C(CC1(C)O2)C1(Cl)C(Cl)=C(Cl)C3(Cl)C1(Cl)Cl. The second-order valence-electron chi connectivity index (χ2n) is 6.81. The second-order valence-corrected chi connectivity index (χ2v) is 10.1. The lowest BCUT2D eigenvalue weighted by molar-refractivity contribution is 0.201. The molecule has 1 saturated heterocycles. The summed E-state index contributed by atoms with van der Waals surface area (Å²) in [5.41, 5.74) is -0.414. The molecule has 20 heavy (non-hydrogen) atoms. The van der Waals surface area contributed by atoms with Gasteiger partial charge >= 0.3 is 0 Å². The molecule has 112 valence electrons. The maximum atomic E-state index is 6.81. The fourth-order valence-electron chi connectivity index (χ4n) is 4.60. The lowest BCUT2D eigenvalue weighted by Crippen LogP contribution is -2.46. The summed E-state index contributed by atoms with van der Waals surface area (Å²) in [6.45, 7) is 4.17. The fourth-order valence-corrected chi connectivity index (χ4v) is 7.68. The minimum Gasteiger partial charge on any atom is -0.363 e. The van der Waals surface area contributed by atoms with E-state index in [4.69, 9.17) is 74.3 Å². The summed E-state index contributed by atoms with van der Waals surface area (Å²) in [7, 11) is 0. The summed E-state index contributed by atoms with van der Waals surface area (Å²) in [6.07, 6.45) is 1.46. The molecule has 6 atom stereocenters. The Balaban J connectivity index is 1.92. The molecule has 4 rings (SSSR count). The van der Waals surface area contributed by atoms with E-state index >= 15 is 0 Å². The molecule has 1 aliphatic heterocycles. The van der Waals surface area contributed by atoms with Gasteiger partial charge in [0.1, 0.15) is 9.75 Å². The molecule has 0 radical (unpaired) electrons. The van der Waals surface area contributed by atoms with Crippen LogP contribution in [0, 0.1) is 11.8 Å². The third kappa shape index (κ3) is 1.19. The van der Waals surface area contributed by atoms with Crippen LogP contribution in [0.25, 0.3) is 0 Å². The lowest BCUT2D eigenvalue weighted by atomic mass is 9.65. The van der Waals surface area contributed by atoms with Crippen molar-refractivity contribution in [1.29, 1.82) is 0 Å². The van der Waals surface area contributed by atoms with Crippen molar-refractivity contribution in [3.63, 3.8) is 0 Å². The molecule has 6 unspecified atom stereocenters. The van der Waals surface area contributed by atoms with Crippen molar-refractivity contribution in [3.8, 4) is 0 Å². The summed E-state index contributed by atoms with van der Waals surface area (Å²) < 4.78 is 4.51. The van der Waals surface area contributed by atoms with Gasteiger partial charge in [0, 0.05) is 0 Å². The number of hydrogen-bond donors (Lipinski definition) is 0. The van der Waals surface area contributed by atoms with Crippen LogP contribution in [0.2, 0.25) is 0 Å². The Bertz CT molecular complexity index is 529. The Morgan fingerprint density at radius 3 is 1.55 bits per heavy atom. The van der Waals surface area contributed by atoms with Crippen molar-refractivity contribution < 1.29 is 4.74 Å². The molecule has 3 aliphatic carbocycles. The minimum absolute atomic E-state index is 0.0489. The average Bonchev–Trinajstić information content (AvgIpc) is 2.86. The largest absolute Gasteiger partial charge is 0.363 e. The van der Waals surface area contributed by atoms with Crippen molar-refractivity contribution >= 4 is 69.6 Å². The van der Waals surface area contributed by atoms with Gasteiger partial charge in [-0.25, -0.2) is 0 Å². The van der Waals surface area contributed by atoms with Gasteiger partial charge < -0.3 is 4.74 Å². The predicted octanol–water partition coefficient (Wildman–Crippen LogP) is 5.41. The van der Waals surface area contributed by atoms with Crippen LogP contribution < -0.4 is 0 Å². The van der Waals surface area contributed by atoms with E-state index in [1.807, 2.05) is 0 Å². The highest BCUT2D eigenvalue weighted by Crippen LogP contribution is 2.81. The number of ether oxygens (including phenoxy) is 1. The molecule has 0 aromatic heterocycles. The first kappa shape index (κ1) is 15.0. The first-order valence-corrected chi connectivity index (χ1v) is 8.74. The number of halogens is 6. The third-order valence-electron chi connectivity index (χ3n) is 6.00. The maximum Gasteiger partial charge on any atom is 0.166 e. The van der Waals surface area contributed by atoms with E-state index in [0.29, 0.717) is 0 Å². The number of rotatable bonds is 0. The summed E-state index contributed by atoms with van der Waals surface area (Å²) >= 11 is 39.5. The van der Waals surface area contributed by atoms with Gasteiger partial charge in [0.2, 0.25) is 0 Å². The predicted molar refractivity (Wildman–Crippen MR) is 84.4 cm³/mol. The van der Waals surface area contributed by atoms with E-state index in [0.717, 1.165) is 12.8 Å². The van der Waals surface area contributed by atoms with Gasteiger partial charge in [0.15, 0.2) is 4.33 Å². The van der Waals surface area contributed by atoms with E-state index in [2.05, 4.69) is 13.8 Å². The smallest absolute Gasteiger partial charge is 0.166 e. The molecule has 0 aromatic rings. The molecular weight excluding hydrogens is 385 g/mol. The van der Waals surface area contributed by atoms with Crippen LogP contribution in [-0.2, 0) is 4.74 Å². The van der Waals surface area contributed by atoms with Crippen LogP contribution in [0.1, 0.15) is 26.7 Å². The number of allylic oxidation sites excluding steroid dienone is 2. The Kier molecular flexibility index (Phi) is 2.69. The van der Waals surface area contributed by atoms with E-state index in [9.17, 15) is 0 Å². The van der Waals surface area contributed by atoms with Crippen LogP contribution >= 0.6 is 69.6 Å². The van der Waals surface area contributed by atoms with Gasteiger partial charge in [-0.15, -0.1) is 23.2 Å². The topological polar surface area (TPSA) is 12.5 Å². The first-order valence-electron chi connectivity index (χ1n) is 6.48. The Labute approximate surface area is 147 Å². The normalized spacial score (nSPS) is 62.4.